The second kappa shape index (κ2) is 11.6. The number of nitrogens with one attached hydrogen (secondary N) is 1. The first-order valence-electron chi connectivity index (χ1n) is 11.4. The molecule has 0 unspecified atom stereocenters. The molecule has 0 aromatic heterocycles. The number of halogens is 2. The summed E-state index contributed by atoms with van der Waals surface area (Å²) in [5.74, 6) is -0.710. The van der Waals surface area contributed by atoms with Crippen molar-refractivity contribution in [3.8, 4) is 0 Å². The molecule has 12 heteroatoms. The Balaban J connectivity index is 1.92. The zero-order valence-electron chi connectivity index (χ0n) is 19.6. The number of hydrogen-bond donors (Lipinski definition) is 1. The number of hydrogen-bond acceptors (Lipinski definition) is 5. The molecule has 8 nitrogen and oxygen atoms in total. The highest BCUT2D eigenvalue weighted by Gasteiger charge is 2.27. The van der Waals surface area contributed by atoms with Gasteiger partial charge in [0.05, 0.1) is 31.1 Å². The van der Waals surface area contributed by atoms with Gasteiger partial charge in [-0.25, -0.2) is 16.8 Å². The maximum Gasteiger partial charge on any atom is 0.257 e. The Hall–Kier alpha value is -1.69. The van der Waals surface area contributed by atoms with Crippen molar-refractivity contribution in [1.29, 1.82) is 0 Å². The highest BCUT2D eigenvalue weighted by Crippen LogP contribution is 2.30. The fourth-order valence-electron chi connectivity index (χ4n) is 3.93. The lowest BCUT2D eigenvalue weighted by atomic mass is 10.2. The quantitative estimate of drug-likeness (QED) is 0.496. The normalized spacial score (nSPS) is 15.7. The third-order valence-corrected chi connectivity index (χ3v) is 10.5. The molecule has 2 aromatic rings. The van der Waals surface area contributed by atoms with E-state index < -0.39 is 26.0 Å². The van der Waals surface area contributed by atoms with E-state index in [1.807, 2.05) is 0 Å². The third-order valence-electron chi connectivity index (χ3n) is 5.91. The summed E-state index contributed by atoms with van der Waals surface area (Å²) in [6.45, 7) is 4.87. The molecule has 1 aliphatic heterocycles. The maximum absolute atomic E-state index is 13.2. The summed E-state index contributed by atoms with van der Waals surface area (Å²) in [6, 6.07) is 8.01. The molecular weight excluding hydrogens is 533 g/mol. The van der Waals surface area contributed by atoms with Crippen molar-refractivity contribution in [1.82, 2.24) is 8.61 Å². The largest absolute Gasteiger partial charge is 0.321 e. The van der Waals surface area contributed by atoms with Crippen LogP contribution in [0.15, 0.2) is 46.2 Å². The lowest BCUT2D eigenvalue weighted by Gasteiger charge is -2.21. The third kappa shape index (κ3) is 6.18. The van der Waals surface area contributed by atoms with Crippen LogP contribution >= 0.6 is 23.2 Å². The summed E-state index contributed by atoms with van der Waals surface area (Å²) in [6.07, 6.45) is 3.55. The minimum Gasteiger partial charge on any atom is -0.321 e. The van der Waals surface area contributed by atoms with Gasteiger partial charge in [0, 0.05) is 26.2 Å². The minimum absolute atomic E-state index is 0.0167. The Morgan fingerprint density at radius 2 is 1.46 bits per heavy atom. The maximum atomic E-state index is 13.2. The smallest absolute Gasteiger partial charge is 0.257 e. The Morgan fingerprint density at radius 1 is 0.886 bits per heavy atom. The Bertz CT molecular complexity index is 1290. The monoisotopic (exact) mass is 561 g/mol. The van der Waals surface area contributed by atoms with Crippen LogP contribution in [0.25, 0.3) is 0 Å². The molecule has 35 heavy (non-hydrogen) atoms. The van der Waals surface area contributed by atoms with Crippen LogP contribution < -0.4 is 5.32 Å². The molecule has 192 valence electrons. The molecule has 1 fully saturated rings. The fraction of sp³-hybridized carbons (Fsp3) is 0.435. The number of sulfonamides is 2. The van der Waals surface area contributed by atoms with Crippen molar-refractivity contribution < 1.29 is 21.6 Å². The van der Waals surface area contributed by atoms with Crippen molar-refractivity contribution in [2.45, 2.75) is 49.3 Å². The summed E-state index contributed by atoms with van der Waals surface area (Å²) >= 11 is 12.5. The van der Waals surface area contributed by atoms with Gasteiger partial charge < -0.3 is 5.32 Å². The molecule has 0 aliphatic carbocycles. The van der Waals surface area contributed by atoms with Crippen LogP contribution in [0.1, 0.15) is 49.9 Å². The molecule has 3 rings (SSSR count). The van der Waals surface area contributed by atoms with Crippen LogP contribution in [0.4, 0.5) is 5.69 Å². The van der Waals surface area contributed by atoms with E-state index in [2.05, 4.69) is 5.32 Å². The highest BCUT2D eigenvalue weighted by atomic mass is 35.5. The van der Waals surface area contributed by atoms with E-state index in [4.69, 9.17) is 23.2 Å². The number of nitrogens with zero attached hydrogens (tertiary/aromatic N) is 2. The molecule has 1 aliphatic rings. The number of anilines is 1. The molecular formula is C23H29Cl2N3O5S2. The lowest BCUT2D eigenvalue weighted by Crippen LogP contribution is -2.32. The SMILES string of the molecule is CCN(CC)S(=O)(=O)c1ccc(Cl)c(C(=O)Nc2cc(S(=O)(=O)N3CCCCCC3)ccc2Cl)c1. The van der Waals surface area contributed by atoms with Crippen LogP contribution in [0.2, 0.25) is 10.0 Å². The number of amides is 1. The predicted molar refractivity (Wildman–Crippen MR) is 138 cm³/mol. The van der Waals surface area contributed by atoms with Crippen molar-refractivity contribution >= 4 is 54.8 Å². The second-order valence-electron chi connectivity index (χ2n) is 8.15. The predicted octanol–water partition coefficient (Wildman–Crippen LogP) is 4.84. The first-order valence-corrected chi connectivity index (χ1v) is 15.1. The standard InChI is InChI=1S/C23H29Cl2N3O5S2/c1-3-27(4-2)34(30,31)17-9-11-20(24)19(15-17)23(29)26-22-16-18(10-12-21(22)25)35(32,33)28-13-7-5-6-8-14-28/h9-12,15-16H,3-8,13-14H2,1-2H3,(H,26,29). The first-order chi connectivity index (χ1) is 16.5. The average molecular weight is 563 g/mol. The van der Waals surface area contributed by atoms with E-state index in [9.17, 15) is 21.6 Å². The van der Waals surface area contributed by atoms with Crippen LogP contribution in [-0.2, 0) is 20.0 Å². The molecule has 1 heterocycles. The van der Waals surface area contributed by atoms with Gasteiger partial charge in [0.15, 0.2) is 0 Å². The zero-order chi connectivity index (χ0) is 25.8. The summed E-state index contributed by atoms with van der Waals surface area (Å²) in [7, 11) is -7.57. The first kappa shape index (κ1) is 27.9. The van der Waals surface area contributed by atoms with E-state index in [1.165, 1.54) is 45.0 Å². The number of rotatable bonds is 8. The van der Waals surface area contributed by atoms with Crippen LogP contribution in [-0.4, -0.2) is 57.5 Å². The van der Waals surface area contributed by atoms with Gasteiger partial charge in [0.2, 0.25) is 20.0 Å². The summed E-state index contributed by atoms with van der Waals surface area (Å²) < 4.78 is 54.8. The van der Waals surface area contributed by atoms with E-state index in [0.29, 0.717) is 13.1 Å². The molecule has 0 spiro atoms. The van der Waals surface area contributed by atoms with E-state index >= 15 is 0 Å². The molecule has 1 amide bonds. The van der Waals surface area contributed by atoms with Crippen LogP contribution in [0.3, 0.4) is 0 Å². The van der Waals surface area contributed by atoms with Crippen LogP contribution in [0, 0.1) is 0 Å². The Kier molecular flexibility index (Phi) is 9.22. The van der Waals surface area contributed by atoms with Gasteiger partial charge >= 0.3 is 0 Å². The van der Waals surface area contributed by atoms with Gasteiger partial charge in [0.1, 0.15) is 0 Å². The zero-order valence-corrected chi connectivity index (χ0v) is 22.8. The van der Waals surface area contributed by atoms with Gasteiger partial charge in [-0.1, -0.05) is 49.9 Å². The summed E-state index contributed by atoms with van der Waals surface area (Å²) in [4.78, 5) is 13.0. The van der Waals surface area contributed by atoms with Crippen molar-refractivity contribution in [3.63, 3.8) is 0 Å². The molecule has 0 bridgehead atoms. The summed E-state index contributed by atoms with van der Waals surface area (Å²) in [5, 5.41) is 2.77. The molecule has 1 N–H and O–H groups in total. The van der Waals surface area contributed by atoms with Gasteiger partial charge in [-0.3, -0.25) is 4.79 Å². The Morgan fingerprint density at radius 3 is 2.06 bits per heavy atom. The van der Waals surface area contributed by atoms with Gasteiger partial charge in [0.25, 0.3) is 5.91 Å². The number of carbonyl (C=O) groups excluding carboxylic acids is 1. The molecule has 1 saturated heterocycles. The highest BCUT2D eigenvalue weighted by molar-refractivity contribution is 7.89. The minimum atomic E-state index is -3.81. The molecule has 2 aromatic carbocycles. The molecule has 0 radical (unpaired) electrons. The van der Waals surface area contributed by atoms with Crippen LogP contribution in [0.5, 0.6) is 0 Å². The number of benzene rings is 2. The molecule has 0 atom stereocenters. The van der Waals surface area contributed by atoms with Crippen molar-refractivity contribution in [2.24, 2.45) is 0 Å². The fourth-order valence-corrected chi connectivity index (χ4v) is 7.33. The lowest BCUT2D eigenvalue weighted by molar-refractivity contribution is 0.102. The average Bonchev–Trinajstić information content (AvgIpc) is 3.11. The summed E-state index contributed by atoms with van der Waals surface area (Å²) in [5.41, 5.74) is 0.0115. The van der Waals surface area contributed by atoms with Crippen molar-refractivity contribution in [2.75, 3.05) is 31.5 Å². The van der Waals surface area contributed by atoms with Gasteiger partial charge in [-0.2, -0.15) is 8.61 Å². The van der Waals surface area contributed by atoms with Gasteiger partial charge in [-0.05, 0) is 49.2 Å². The van der Waals surface area contributed by atoms with E-state index in [1.54, 1.807) is 13.8 Å². The topological polar surface area (TPSA) is 104 Å². The van der Waals surface area contributed by atoms with E-state index in [-0.39, 0.29) is 44.2 Å². The Labute approximate surface area is 217 Å². The number of carbonyl (C=O) groups is 1. The van der Waals surface area contributed by atoms with Crippen molar-refractivity contribution in [3.05, 3.63) is 52.0 Å². The molecule has 0 saturated carbocycles. The van der Waals surface area contributed by atoms with Gasteiger partial charge in [-0.15, -0.1) is 0 Å². The van der Waals surface area contributed by atoms with E-state index in [0.717, 1.165) is 25.7 Å². The second-order valence-corrected chi connectivity index (χ2v) is 12.8.